The Bertz CT molecular complexity index is 806. The molecule has 1 heterocycles. The Morgan fingerprint density at radius 3 is 2.46 bits per heavy atom. The van der Waals surface area contributed by atoms with E-state index in [0.29, 0.717) is 23.2 Å². The van der Waals surface area contributed by atoms with Crippen molar-refractivity contribution in [1.82, 2.24) is 4.90 Å². The van der Waals surface area contributed by atoms with Gasteiger partial charge in [-0.1, -0.05) is 43.7 Å². The fraction of sp³-hybridized carbons (Fsp3) is 0.318. The molecule has 1 aliphatic heterocycles. The van der Waals surface area contributed by atoms with Crippen LogP contribution in [-0.2, 0) is 4.79 Å². The van der Waals surface area contributed by atoms with Gasteiger partial charge in [0.1, 0.15) is 17.9 Å². The second kappa shape index (κ2) is 11.6. The van der Waals surface area contributed by atoms with E-state index in [1.54, 1.807) is 24.3 Å². The number of aldehydes is 1. The lowest BCUT2D eigenvalue weighted by Crippen LogP contribution is -2.19. The highest BCUT2D eigenvalue weighted by Crippen LogP contribution is 2.35. The molecule has 0 unspecified atom stereocenters. The number of carbonyl (C=O) groups is 1. The zero-order chi connectivity index (χ0) is 21.3. The van der Waals surface area contributed by atoms with Crippen LogP contribution in [0.4, 0.5) is 4.39 Å². The topological polar surface area (TPSA) is 66.6 Å². The summed E-state index contributed by atoms with van der Waals surface area (Å²) in [5, 5.41) is 10.1. The molecule has 3 rings (SSSR count). The summed E-state index contributed by atoms with van der Waals surface area (Å²) in [6.45, 7) is 5.97. The fourth-order valence-electron chi connectivity index (χ4n) is 2.72. The number of halogens is 2. The molecule has 4 nitrogen and oxygen atoms in total. The van der Waals surface area contributed by atoms with Gasteiger partial charge in [0.15, 0.2) is 0 Å². The fourth-order valence-corrected chi connectivity index (χ4v) is 2.89. The number of nitrogens with two attached hydrogens (primary N) is 1. The lowest BCUT2D eigenvalue weighted by Gasteiger charge is -2.19. The van der Waals surface area contributed by atoms with Gasteiger partial charge in [-0.2, -0.15) is 0 Å². The molecule has 0 saturated heterocycles. The lowest BCUT2D eigenvalue weighted by atomic mass is 10.0. The molecule has 0 saturated carbocycles. The Balaban J connectivity index is 0.000000489. The average molecular weight is 407 g/mol. The molecule has 0 radical (unpaired) electrons. The van der Waals surface area contributed by atoms with E-state index in [-0.39, 0.29) is 17.6 Å². The number of phenols is 1. The van der Waals surface area contributed by atoms with Crippen molar-refractivity contribution in [3.05, 3.63) is 70.5 Å². The first-order valence-electron chi connectivity index (χ1n) is 9.00. The second-order valence-electron chi connectivity index (χ2n) is 6.75. The average Bonchev–Trinajstić information content (AvgIpc) is 2.99. The van der Waals surface area contributed by atoms with E-state index in [1.165, 1.54) is 13.0 Å². The van der Waals surface area contributed by atoms with Gasteiger partial charge in [-0.25, -0.2) is 4.39 Å². The van der Waals surface area contributed by atoms with Gasteiger partial charge >= 0.3 is 0 Å². The predicted octanol–water partition coefficient (Wildman–Crippen LogP) is 4.81. The normalized spacial score (nSPS) is 15.9. The summed E-state index contributed by atoms with van der Waals surface area (Å²) < 4.78 is 14.0. The van der Waals surface area contributed by atoms with Crippen LogP contribution in [0.2, 0.25) is 5.02 Å². The third kappa shape index (κ3) is 7.43. The number of aromatic hydroxyl groups is 1. The molecule has 1 aliphatic rings. The third-order valence-electron chi connectivity index (χ3n) is 3.74. The van der Waals surface area contributed by atoms with Crippen molar-refractivity contribution >= 4 is 23.5 Å². The highest BCUT2D eigenvalue weighted by atomic mass is 35.5. The monoisotopic (exact) mass is 406 g/mol. The molecule has 0 aliphatic carbocycles. The van der Waals surface area contributed by atoms with Crippen LogP contribution in [0, 0.1) is 5.82 Å². The number of carbonyl (C=O) groups excluding carboxylic acids is 1. The summed E-state index contributed by atoms with van der Waals surface area (Å²) in [4.78, 5) is 10.9. The van der Waals surface area contributed by atoms with Crippen LogP contribution < -0.4 is 5.73 Å². The van der Waals surface area contributed by atoms with Gasteiger partial charge < -0.3 is 15.6 Å². The van der Waals surface area contributed by atoms with Gasteiger partial charge in [-0.3, -0.25) is 4.90 Å². The predicted molar refractivity (Wildman–Crippen MR) is 114 cm³/mol. The number of likely N-dealkylation sites (N-methyl/N-ethyl adjacent to an activating group) is 1. The SMILES string of the molecule is CC(C)N.CC=O.CN1CC(c2cc(Cl)ccc2F)=C[C@H]1c1cccc(O)c1. The lowest BCUT2D eigenvalue weighted by molar-refractivity contribution is -0.106. The van der Waals surface area contributed by atoms with Gasteiger partial charge in [0.25, 0.3) is 0 Å². The van der Waals surface area contributed by atoms with Crippen molar-refractivity contribution in [3.63, 3.8) is 0 Å². The van der Waals surface area contributed by atoms with Gasteiger partial charge in [0.05, 0.1) is 6.04 Å². The Morgan fingerprint density at radius 1 is 1.29 bits per heavy atom. The number of benzene rings is 2. The second-order valence-corrected chi connectivity index (χ2v) is 7.19. The summed E-state index contributed by atoms with van der Waals surface area (Å²) in [5.41, 5.74) is 7.54. The van der Waals surface area contributed by atoms with Crippen LogP contribution >= 0.6 is 11.6 Å². The molecule has 152 valence electrons. The van der Waals surface area contributed by atoms with E-state index < -0.39 is 0 Å². The maximum absolute atomic E-state index is 14.0. The number of rotatable bonds is 2. The molecule has 3 N–H and O–H groups in total. The number of hydrogen-bond acceptors (Lipinski definition) is 4. The quantitative estimate of drug-likeness (QED) is 0.702. The Labute approximate surface area is 171 Å². The maximum Gasteiger partial charge on any atom is 0.130 e. The molecule has 0 bridgehead atoms. The van der Waals surface area contributed by atoms with Crippen LogP contribution in [0.5, 0.6) is 5.75 Å². The highest BCUT2D eigenvalue weighted by Gasteiger charge is 2.25. The van der Waals surface area contributed by atoms with Crippen molar-refractivity contribution < 1.29 is 14.3 Å². The van der Waals surface area contributed by atoms with Gasteiger partial charge in [0, 0.05) is 17.1 Å². The van der Waals surface area contributed by atoms with Crippen LogP contribution in [0.1, 0.15) is 37.9 Å². The van der Waals surface area contributed by atoms with Crippen LogP contribution in [0.15, 0.2) is 48.5 Å². The highest BCUT2D eigenvalue weighted by molar-refractivity contribution is 6.30. The maximum atomic E-state index is 14.0. The van der Waals surface area contributed by atoms with Crippen LogP contribution in [0.3, 0.4) is 0 Å². The summed E-state index contributed by atoms with van der Waals surface area (Å²) in [7, 11) is 1.97. The number of hydrogen-bond donors (Lipinski definition) is 2. The van der Waals surface area contributed by atoms with Crippen molar-refractivity contribution in [3.8, 4) is 5.75 Å². The first-order valence-corrected chi connectivity index (χ1v) is 9.38. The molecular formula is C22H28ClFN2O2. The van der Waals surface area contributed by atoms with Crippen LogP contribution in [0.25, 0.3) is 5.57 Å². The number of nitrogens with zero attached hydrogens (tertiary/aromatic N) is 1. The first-order chi connectivity index (χ1) is 13.2. The zero-order valence-corrected chi connectivity index (χ0v) is 17.4. The van der Waals surface area contributed by atoms with Crippen molar-refractivity contribution in [2.24, 2.45) is 5.73 Å². The largest absolute Gasteiger partial charge is 0.508 e. The molecule has 0 fully saturated rings. The molecule has 6 heteroatoms. The van der Waals surface area contributed by atoms with Gasteiger partial charge in [-0.15, -0.1) is 0 Å². The van der Waals surface area contributed by atoms with Crippen molar-refractivity contribution in [2.75, 3.05) is 13.6 Å². The van der Waals surface area contributed by atoms with Gasteiger partial charge in [0.2, 0.25) is 0 Å². The Hall–Kier alpha value is -2.21. The third-order valence-corrected chi connectivity index (χ3v) is 3.97. The van der Waals surface area contributed by atoms with E-state index in [9.17, 15) is 9.50 Å². The van der Waals surface area contributed by atoms with Crippen LogP contribution in [-0.4, -0.2) is 35.9 Å². The minimum Gasteiger partial charge on any atom is -0.508 e. The van der Waals surface area contributed by atoms with E-state index in [0.717, 1.165) is 17.4 Å². The molecule has 0 amide bonds. The summed E-state index contributed by atoms with van der Waals surface area (Å²) in [5.74, 6) is -0.0349. The standard InChI is InChI=1S/C17H15ClFNO.C3H9N.C2H4O/c1-20-10-12(15-9-13(18)5-6-16(15)19)8-17(20)11-3-2-4-14(21)7-11;1-3(2)4;1-2-3/h2-9,17,21H,10H2,1H3;3H,4H2,1-2H3;2H,1H3/t17-;;/m0../s1. The summed E-state index contributed by atoms with van der Waals surface area (Å²) in [6, 6.07) is 12.1. The zero-order valence-electron chi connectivity index (χ0n) is 16.7. The molecule has 0 spiro atoms. The summed E-state index contributed by atoms with van der Waals surface area (Å²) >= 11 is 5.97. The van der Waals surface area contributed by atoms with Gasteiger partial charge in [-0.05, 0) is 61.5 Å². The molecule has 28 heavy (non-hydrogen) atoms. The molecule has 2 aromatic carbocycles. The molecule has 2 aromatic rings. The molecule has 1 atom stereocenters. The minimum absolute atomic E-state index is 0.0190. The molecular weight excluding hydrogens is 379 g/mol. The van der Waals surface area contributed by atoms with E-state index in [1.807, 2.05) is 39.1 Å². The first kappa shape index (κ1) is 23.8. The Morgan fingerprint density at radius 2 is 1.89 bits per heavy atom. The van der Waals surface area contributed by atoms with E-state index in [2.05, 4.69) is 4.90 Å². The van der Waals surface area contributed by atoms with Crippen molar-refractivity contribution in [1.29, 1.82) is 0 Å². The molecule has 0 aromatic heterocycles. The number of phenolic OH excluding ortho intramolecular Hbond substituents is 1. The smallest absolute Gasteiger partial charge is 0.130 e. The Kier molecular flexibility index (Phi) is 9.87. The van der Waals surface area contributed by atoms with E-state index >= 15 is 0 Å². The van der Waals surface area contributed by atoms with E-state index in [4.69, 9.17) is 22.1 Å². The van der Waals surface area contributed by atoms with Crippen molar-refractivity contribution in [2.45, 2.75) is 32.9 Å². The minimum atomic E-state index is -0.268. The summed E-state index contributed by atoms with van der Waals surface area (Å²) in [6.07, 6.45) is 2.77.